The zero-order valence-electron chi connectivity index (χ0n) is 24.2. The minimum Gasteiger partial charge on any atom is -0.492 e. The minimum atomic E-state index is -0.357. The summed E-state index contributed by atoms with van der Waals surface area (Å²) in [5, 5.41) is 12.1. The van der Waals surface area contributed by atoms with Crippen LogP contribution in [0.15, 0.2) is 34.7 Å². The molecule has 40 heavy (non-hydrogen) atoms. The molecular weight excluding hydrogens is 542 g/mol. The van der Waals surface area contributed by atoms with Gasteiger partial charge >= 0.3 is 5.97 Å². The van der Waals surface area contributed by atoms with Crippen LogP contribution < -0.4 is 0 Å². The zero-order valence-corrected chi connectivity index (χ0v) is 25.9. The average molecular weight is 588 g/mol. The minimum absolute atomic E-state index is 0.0610. The molecule has 7 rings (SSSR count). The highest BCUT2D eigenvalue weighted by Gasteiger charge is 2.54. The van der Waals surface area contributed by atoms with Crippen molar-refractivity contribution in [2.75, 3.05) is 18.6 Å². The summed E-state index contributed by atoms with van der Waals surface area (Å²) < 4.78 is 17.9. The molecule has 5 aliphatic heterocycles. The van der Waals surface area contributed by atoms with Crippen molar-refractivity contribution in [3.63, 3.8) is 0 Å². The van der Waals surface area contributed by atoms with Gasteiger partial charge in [-0.25, -0.2) is 4.79 Å². The maximum atomic E-state index is 12.4. The Kier molecular flexibility index (Phi) is 7.54. The van der Waals surface area contributed by atoms with Gasteiger partial charge in [0.25, 0.3) is 0 Å². The Morgan fingerprint density at radius 1 is 1.05 bits per heavy atom. The summed E-state index contributed by atoms with van der Waals surface area (Å²) in [4.78, 5) is 15.2. The Morgan fingerprint density at radius 2 is 1.82 bits per heavy atom. The molecule has 2 saturated carbocycles. The van der Waals surface area contributed by atoms with Crippen molar-refractivity contribution in [1.29, 1.82) is 0 Å². The van der Waals surface area contributed by atoms with Gasteiger partial charge in [-0.1, -0.05) is 47.8 Å². The van der Waals surface area contributed by atoms with Crippen molar-refractivity contribution < 1.29 is 24.1 Å². The third-order valence-electron chi connectivity index (χ3n) is 11.7. The Labute approximate surface area is 247 Å². The van der Waals surface area contributed by atoms with Gasteiger partial charge in [-0.3, -0.25) is 4.90 Å². The summed E-state index contributed by atoms with van der Waals surface area (Å²) in [5.74, 6) is 6.32. The third-order valence-corrected chi connectivity index (χ3v) is 14.3. The van der Waals surface area contributed by atoms with E-state index in [1.807, 2.05) is 0 Å². The number of ether oxygens (including phenoxy) is 3. The monoisotopic (exact) mass is 587 g/mol. The molecule has 0 bridgehead atoms. The van der Waals surface area contributed by atoms with Crippen molar-refractivity contribution in [3.05, 3.63) is 34.7 Å². The van der Waals surface area contributed by atoms with Gasteiger partial charge in [0.2, 0.25) is 5.76 Å². The maximum absolute atomic E-state index is 12.4. The molecule has 1 spiro atoms. The number of carbonyl (C=O) groups is 1. The maximum Gasteiger partial charge on any atom is 0.343 e. The summed E-state index contributed by atoms with van der Waals surface area (Å²) in [6.45, 7) is 3.96. The lowest BCUT2D eigenvalue weighted by atomic mass is 9.70. The Hall–Kier alpha value is -1.09. The molecule has 0 unspecified atom stereocenters. The molecule has 6 nitrogen and oxygen atoms in total. The predicted molar refractivity (Wildman–Crippen MR) is 159 cm³/mol. The molecule has 8 atom stereocenters. The number of fused-ring (bicyclic) bond motifs is 4. The summed E-state index contributed by atoms with van der Waals surface area (Å²) >= 11 is 0. The van der Waals surface area contributed by atoms with E-state index in [4.69, 9.17) is 14.2 Å². The standard InChI is InChI=1S/C32H45NO5S2/c1-18-27-24-8-6-7-23-25(34)15-22-20(11-14-32(22)12-4-5-13-32)16-39-40-17-21(33(23)24)9-10-26(27)37-29(18)30-28(36-3)19(2)31(35)38-30/h10,18,20-25,27,34H,4-9,11-17H2,1-3H3/t18-,20+,21+,22-,23-,24-,25-,27+/m0/s1. The number of hydrogen-bond donors (Lipinski definition) is 1. The van der Waals surface area contributed by atoms with E-state index in [9.17, 15) is 9.90 Å². The normalized spacial score (nSPS) is 43.3. The van der Waals surface area contributed by atoms with Crippen LogP contribution >= 0.6 is 21.6 Å². The van der Waals surface area contributed by atoms with Crippen LogP contribution in [0.4, 0.5) is 0 Å². The molecular formula is C32H45NO5S2. The molecule has 0 amide bonds. The van der Waals surface area contributed by atoms with Crippen LogP contribution in [-0.4, -0.2) is 58.8 Å². The lowest BCUT2D eigenvalue weighted by molar-refractivity contribution is -0.133. The summed E-state index contributed by atoms with van der Waals surface area (Å²) in [6.07, 6.45) is 15.5. The summed E-state index contributed by atoms with van der Waals surface area (Å²) in [6, 6.07) is 0.899. The first kappa shape index (κ1) is 27.7. The van der Waals surface area contributed by atoms with Gasteiger partial charge in [-0.2, -0.15) is 0 Å². The van der Waals surface area contributed by atoms with E-state index in [1.165, 1.54) is 44.3 Å². The number of aliphatic hydroxyl groups excluding tert-OH is 1. The number of hydrogen-bond acceptors (Lipinski definition) is 8. The second-order valence-corrected chi connectivity index (χ2v) is 16.1. The molecule has 0 aromatic rings. The third kappa shape index (κ3) is 4.41. The van der Waals surface area contributed by atoms with Gasteiger partial charge in [0.15, 0.2) is 11.5 Å². The van der Waals surface area contributed by atoms with Crippen LogP contribution in [0.2, 0.25) is 0 Å². The molecule has 7 aliphatic rings. The van der Waals surface area contributed by atoms with E-state index >= 15 is 0 Å². The first-order valence-corrected chi connectivity index (χ1v) is 18.2. The van der Waals surface area contributed by atoms with E-state index in [0.717, 1.165) is 55.3 Å². The quantitative estimate of drug-likeness (QED) is 0.273. The van der Waals surface area contributed by atoms with Gasteiger partial charge in [0.1, 0.15) is 5.76 Å². The highest BCUT2D eigenvalue weighted by atomic mass is 33.1. The predicted octanol–water partition coefficient (Wildman–Crippen LogP) is 6.57. The van der Waals surface area contributed by atoms with Crippen molar-refractivity contribution in [2.45, 2.75) is 109 Å². The van der Waals surface area contributed by atoms with Crippen LogP contribution in [0.25, 0.3) is 0 Å². The molecule has 0 radical (unpaired) electrons. The second kappa shape index (κ2) is 10.9. The van der Waals surface area contributed by atoms with E-state index in [-0.39, 0.29) is 30.0 Å². The number of piperidine rings is 1. The molecule has 220 valence electrons. The molecule has 8 heteroatoms. The SMILES string of the molecule is COC1=C(C)C(=O)OC1=C1OC2=CC[C@@H]3CSSC[C@H]4CCC5(CCCC5)[C@H]4C[C@H](O)[C@@H]4CCC[C@@H]([C@H]2[C@@H]1C)N34. The number of carbonyl (C=O) groups excluding carboxylic acids is 1. The fourth-order valence-electron chi connectivity index (χ4n) is 9.82. The van der Waals surface area contributed by atoms with Gasteiger partial charge in [-0.15, -0.1) is 0 Å². The van der Waals surface area contributed by atoms with Crippen LogP contribution in [-0.2, 0) is 19.0 Å². The van der Waals surface area contributed by atoms with Crippen LogP contribution in [0.3, 0.4) is 0 Å². The fourth-order valence-corrected chi connectivity index (χ4v) is 12.6. The summed E-state index contributed by atoms with van der Waals surface area (Å²) in [5.41, 5.74) is 0.985. The van der Waals surface area contributed by atoms with E-state index in [1.54, 1.807) is 14.0 Å². The molecule has 0 aromatic carbocycles. The number of methoxy groups -OCH3 is 1. The van der Waals surface area contributed by atoms with Gasteiger partial charge in [0.05, 0.1) is 18.8 Å². The number of rotatable bonds is 1. The first-order chi connectivity index (χ1) is 19.4. The fraction of sp³-hybridized carbons (Fsp3) is 0.781. The zero-order chi connectivity index (χ0) is 27.6. The highest BCUT2D eigenvalue weighted by molar-refractivity contribution is 8.76. The average Bonchev–Trinajstić information content (AvgIpc) is 3.68. The molecule has 1 N–H and O–H groups in total. The molecule has 5 fully saturated rings. The number of nitrogens with zero attached hydrogens (tertiary/aromatic N) is 1. The highest BCUT2D eigenvalue weighted by Crippen LogP contribution is 2.60. The number of aliphatic hydroxyl groups is 1. The largest absolute Gasteiger partial charge is 0.492 e. The lowest BCUT2D eigenvalue weighted by Crippen LogP contribution is -2.59. The van der Waals surface area contributed by atoms with Crippen molar-refractivity contribution in [3.8, 4) is 0 Å². The van der Waals surface area contributed by atoms with Crippen molar-refractivity contribution in [2.24, 2.45) is 29.1 Å². The van der Waals surface area contributed by atoms with Crippen molar-refractivity contribution >= 4 is 27.6 Å². The number of cyclic esters (lactones) is 1. The Morgan fingerprint density at radius 3 is 2.62 bits per heavy atom. The number of esters is 1. The van der Waals surface area contributed by atoms with E-state index < -0.39 is 0 Å². The molecule has 2 aliphatic carbocycles. The van der Waals surface area contributed by atoms with Crippen LogP contribution in [0, 0.1) is 29.1 Å². The summed E-state index contributed by atoms with van der Waals surface area (Å²) in [7, 11) is 5.75. The molecule has 0 aromatic heterocycles. The lowest BCUT2D eigenvalue weighted by Gasteiger charge is -2.50. The van der Waals surface area contributed by atoms with E-state index in [2.05, 4.69) is 39.5 Å². The van der Waals surface area contributed by atoms with Gasteiger partial charge in [0, 0.05) is 41.5 Å². The Bertz CT molecular complexity index is 1130. The van der Waals surface area contributed by atoms with Crippen molar-refractivity contribution in [1.82, 2.24) is 4.90 Å². The van der Waals surface area contributed by atoms with Gasteiger partial charge in [-0.05, 0) is 81.6 Å². The van der Waals surface area contributed by atoms with Crippen LogP contribution in [0.5, 0.6) is 0 Å². The van der Waals surface area contributed by atoms with Gasteiger partial charge < -0.3 is 19.3 Å². The number of allylic oxidation sites excluding steroid dienone is 1. The van der Waals surface area contributed by atoms with Crippen LogP contribution in [0.1, 0.15) is 84.5 Å². The first-order valence-electron chi connectivity index (χ1n) is 15.7. The Balaban J connectivity index is 1.22. The topological polar surface area (TPSA) is 68.2 Å². The second-order valence-electron chi connectivity index (χ2n) is 13.5. The smallest absolute Gasteiger partial charge is 0.343 e. The molecule has 3 saturated heterocycles. The molecule has 5 heterocycles. The van der Waals surface area contributed by atoms with E-state index in [0.29, 0.717) is 40.5 Å².